The van der Waals surface area contributed by atoms with Crippen LogP contribution in [0.25, 0.3) is 0 Å². The highest BCUT2D eigenvalue weighted by Crippen LogP contribution is 2.17. The summed E-state index contributed by atoms with van der Waals surface area (Å²) in [5, 5.41) is 0. The Bertz CT molecular complexity index is 518. The van der Waals surface area contributed by atoms with Crippen molar-refractivity contribution < 1.29 is 8.42 Å². The van der Waals surface area contributed by atoms with Crippen LogP contribution in [0.15, 0.2) is 24.3 Å². The molecule has 0 saturated heterocycles. The Morgan fingerprint density at radius 2 is 1.67 bits per heavy atom. The van der Waals surface area contributed by atoms with Crippen molar-refractivity contribution in [1.29, 1.82) is 0 Å². The van der Waals surface area contributed by atoms with Gasteiger partial charge >= 0.3 is 0 Å². The Kier molecular flexibility index (Phi) is 8.43. The largest absolute Gasteiger partial charge is 0.323 e. The van der Waals surface area contributed by atoms with Crippen molar-refractivity contribution in [2.45, 2.75) is 32.7 Å². The van der Waals surface area contributed by atoms with Gasteiger partial charge in [0.2, 0.25) is 0 Å². The summed E-state index contributed by atoms with van der Waals surface area (Å²) >= 11 is 0. The van der Waals surface area contributed by atoms with Gasteiger partial charge in [0.25, 0.3) is 10.2 Å². The van der Waals surface area contributed by atoms with Crippen LogP contribution in [-0.4, -0.2) is 32.9 Å². The van der Waals surface area contributed by atoms with Crippen LogP contribution in [-0.2, 0) is 10.2 Å². The fourth-order valence-electron chi connectivity index (χ4n) is 1.72. The van der Waals surface area contributed by atoms with E-state index in [1.54, 1.807) is 6.92 Å². The molecule has 0 aromatic heterocycles. The molecule has 1 aromatic rings. The lowest BCUT2D eigenvalue weighted by Crippen LogP contribution is -2.41. The summed E-state index contributed by atoms with van der Waals surface area (Å²) in [6.45, 7) is 6.65. The molecule has 21 heavy (non-hydrogen) atoms. The third-order valence-electron chi connectivity index (χ3n) is 3.37. The average molecular weight is 336 g/mol. The van der Waals surface area contributed by atoms with Crippen molar-refractivity contribution in [1.82, 2.24) is 9.03 Å². The van der Waals surface area contributed by atoms with Crippen LogP contribution in [0.1, 0.15) is 43.9 Å². The van der Waals surface area contributed by atoms with Crippen LogP contribution < -0.4 is 10.5 Å². The maximum atomic E-state index is 11.8. The molecule has 3 N–H and O–H groups in total. The maximum absolute atomic E-state index is 11.8. The summed E-state index contributed by atoms with van der Waals surface area (Å²) < 4.78 is 27.4. The fourth-order valence-corrected chi connectivity index (χ4v) is 2.67. The van der Waals surface area contributed by atoms with E-state index < -0.39 is 10.2 Å². The molecular formula is C14H26ClN3O2S. The molecule has 0 saturated carbocycles. The van der Waals surface area contributed by atoms with E-state index >= 15 is 0 Å². The quantitative estimate of drug-likeness (QED) is 0.800. The molecule has 0 fully saturated rings. The number of nitrogens with one attached hydrogen (secondary N) is 1. The van der Waals surface area contributed by atoms with E-state index in [1.807, 2.05) is 24.3 Å². The SMILES string of the molecule is CCN(C)S(=O)(=O)NCC(N)c1ccc(C(C)C)cc1.Cl. The first-order chi connectivity index (χ1) is 9.27. The van der Waals surface area contributed by atoms with E-state index in [4.69, 9.17) is 5.73 Å². The minimum Gasteiger partial charge on any atom is -0.323 e. The summed E-state index contributed by atoms with van der Waals surface area (Å²) in [5.74, 6) is 0.469. The van der Waals surface area contributed by atoms with E-state index in [1.165, 1.54) is 16.9 Å². The molecule has 5 nitrogen and oxygen atoms in total. The lowest BCUT2D eigenvalue weighted by atomic mass is 9.99. The van der Waals surface area contributed by atoms with Gasteiger partial charge in [-0.15, -0.1) is 12.4 Å². The number of hydrogen-bond donors (Lipinski definition) is 2. The van der Waals surface area contributed by atoms with Gasteiger partial charge in [-0.2, -0.15) is 12.7 Å². The number of nitrogens with two attached hydrogens (primary N) is 1. The second-order valence-corrected chi connectivity index (χ2v) is 7.06. The van der Waals surface area contributed by atoms with Gasteiger partial charge in [0.05, 0.1) is 0 Å². The van der Waals surface area contributed by atoms with Crippen LogP contribution in [0.3, 0.4) is 0 Å². The van der Waals surface area contributed by atoms with Crippen LogP contribution >= 0.6 is 12.4 Å². The molecule has 0 radical (unpaired) electrons. The normalized spacial score (nSPS) is 13.3. The summed E-state index contributed by atoms with van der Waals surface area (Å²) in [6.07, 6.45) is 0. The predicted molar refractivity (Wildman–Crippen MR) is 89.9 cm³/mol. The Labute approximate surface area is 134 Å². The zero-order valence-electron chi connectivity index (χ0n) is 13.0. The average Bonchev–Trinajstić information content (AvgIpc) is 2.43. The molecule has 1 rings (SSSR count). The molecule has 1 unspecified atom stereocenters. The van der Waals surface area contributed by atoms with Crippen LogP contribution in [0, 0.1) is 0 Å². The van der Waals surface area contributed by atoms with Crippen molar-refractivity contribution in [3.63, 3.8) is 0 Å². The highest BCUT2D eigenvalue weighted by atomic mass is 35.5. The van der Waals surface area contributed by atoms with E-state index in [9.17, 15) is 8.42 Å². The van der Waals surface area contributed by atoms with Gasteiger partial charge in [0, 0.05) is 26.2 Å². The van der Waals surface area contributed by atoms with Crippen molar-refractivity contribution in [3.05, 3.63) is 35.4 Å². The molecule has 0 heterocycles. The topological polar surface area (TPSA) is 75.4 Å². The van der Waals surface area contributed by atoms with E-state index in [-0.39, 0.29) is 25.0 Å². The van der Waals surface area contributed by atoms with Gasteiger partial charge in [-0.05, 0) is 17.0 Å². The monoisotopic (exact) mass is 335 g/mol. The van der Waals surface area contributed by atoms with Crippen LogP contribution in [0.2, 0.25) is 0 Å². The van der Waals surface area contributed by atoms with Gasteiger partial charge in [0.1, 0.15) is 0 Å². The molecule has 0 aliphatic carbocycles. The first-order valence-electron chi connectivity index (χ1n) is 6.84. The number of halogens is 1. The number of benzene rings is 1. The molecule has 7 heteroatoms. The van der Waals surface area contributed by atoms with Crippen LogP contribution in [0.5, 0.6) is 0 Å². The lowest BCUT2D eigenvalue weighted by Gasteiger charge is -2.18. The number of rotatable bonds is 7. The standard InChI is InChI=1S/C14H25N3O2S.ClH/c1-5-17(4)20(18,19)16-10-14(15)13-8-6-12(7-9-13)11(2)3;/h6-9,11,14,16H,5,10,15H2,1-4H3;1H. The van der Waals surface area contributed by atoms with E-state index in [2.05, 4.69) is 18.6 Å². The molecule has 0 bridgehead atoms. The molecular weight excluding hydrogens is 310 g/mol. The molecule has 0 amide bonds. The smallest absolute Gasteiger partial charge is 0.279 e. The second-order valence-electron chi connectivity index (χ2n) is 5.20. The lowest BCUT2D eigenvalue weighted by molar-refractivity contribution is 0.470. The first-order valence-corrected chi connectivity index (χ1v) is 8.28. The molecule has 1 atom stereocenters. The van der Waals surface area contributed by atoms with Gasteiger partial charge in [0.15, 0.2) is 0 Å². The number of nitrogens with zero attached hydrogens (tertiary/aromatic N) is 1. The van der Waals surface area contributed by atoms with Crippen molar-refractivity contribution in [2.24, 2.45) is 5.73 Å². The molecule has 0 spiro atoms. The van der Waals surface area contributed by atoms with Crippen molar-refractivity contribution in [3.8, 4) is 0 Å². The third-order valence-corrected chi connectivity index (χ3v) is 4.98. The summed E-state index contributed by atoms with van der Waals surface area (Å²) in [6, 6.07) is 7.63. The van der Waals surface area contributed by atoms with Crippen molar-refractivity contribution >= 4 is 22.6 Å². The van der Waals surface area contributed by atoms with Crippen LogP contribution in [0.4, 0.5) is 0 Å². The van der Waals surface area contributed by atoms with Gasteiger partial charge in [-0.1, -0.05) is 45.0 Å². The van der Waals surface area contributed by atoms with Gasteiger partial charge in [-0.3, -0.25) is 0 Å². The van der Waals surface area contributed by atoms with Gasteiger partial charge < -0.3 is 5.73 Å². The Morgan fingerprint density at radius 3 is 2.10 bits per heavy atom. The van der Waals surface area contributed by atoms with Gasteiger partial charge in [-0.25, -0.2) is 4.72 Å². The zero-order valence-corrected chi connectivity index (χ0v) is 14.7. The number of hydrogen-bond acceptors (Lipinski definition) is 3. The zero-order chi connectivity index (χ0) is 15.3. The summed E-state index contributed by atoms with van der Waals surface area (Å²) in [5.41, 5.74) is 8.19. The first kappa shape index (κ1) is 20.3. The maximum Gasteiger partial charge on any atom is 0.279 e. The molecule has 1 aromatic carbocycles. The van der Waals surface area contributed by atoms with E-state index in [0.29, 0.717) is 12.5 Å². The Hall–Kier alpha value is -0.660. The molecule has 122 valence electrons. The molecule has 0 aliphatic heterocycles. The summed E-state index contributed by atoms with van der Waals surface area (Å²) in [7, 11) is -1.90. The van der Waals surface area contributed by atoms with Crippen molar-refractivity contribution in [2.75, 3.05) is 20.1 Å². The fraction of sp³-hybridized carbons (Fsp3) is 0.571. The van der Waals surface area contributed by atoms with E-state index in [0.717, 1.165) is 5.56 Å². The second kappa shape index (κ2) is 8.70. The molecule has 0 aliphatic rings. The minimum atomic E-state index is -3.43. The Morgan fingerprint density at radius 1 is 1.19 bits per heavy atom. The summed E-state index contributed by atoms with van der Waals surface area (Å²) in [4.78, 5) is 0. The Balaban J connectivity index is 0.00000400. The highest BCUT2D eigenvalue weighted by molar-refractivity contribution is 7.87. The third kappa shape index (κ3) is 5.92. The predicted octanol–water partition coefficient (Wildman–Crippen LogP) is 2.02. The minimum absolute atomic E-state index is 0. The highest BCUT2D eigenvalue weighted by Gasteiger charge is 2.17.